The lowest BCUT2D eigenvalue weighted by Gasteiger charge is -2.16. The summed E-state index contributed by atoms with van der Waals surface area (Å²) < 4.78 is 3.71. The Balaban J connectivity index is 2.42. The highest BCUT2D eigenvalue weighted by molar-refractivity contribution is 7.03. The summed E-state index contributed by atoms with van der Waals surface area (Å²) in [4.78, 5) is 0. The molecule has 1 aromatic heterocycles. The van der Waals surface area contributed by atoms with E-state index in [1.807, 2.05) is 26.2 Å². The zero-order chi connectivity index (χ0) is 9.03. The molecular formula is C7H12N4S. The van der Waals surface area contributed by atoms with Gasteiger partial charge in [0.2, 0.25) is 0 Å². The van der Waals surface area contributed by atoms with Gasteiger partial charge in [-0.25, -0.2) is 0 Å². The topological polar surface area (TPSA) is 50.2 Å². The van der Waals surface area contributed by atoms with Crippen LogP contribution in [0.2, 0.25) is 0 Å². The van der Waals surface area contributed by atoms with Gasteiger partial charge in [0.25, 0.3) is 0 Å². The van der Waals surface area contributed by atoms with E-state index in [1.54, 1.807) is 6.21 Å². The van der Waals surface area contributed by atoms with Gasteiger partial charge in [-0.15, -0.1) is 5.10 Å². The summed E-state index contributed by atoms with van der Waals surface area (Å²) >= 11 is 1.32. The van der Waals surface area contributed by atoms with E-state index >= 15 is 0 Å². The number of hydrogen-bond acceptors (Lipinski definition) is 5. The highest BCUT2D eigenvalue weighted by atomic mass is 32.1. The summed E-state index contributed by atoms with van der Waals surface area (Å²) in [5, 5.41) is 9.67. The van der Waals surface area contributed by atoms with Crippen molar-refractivity contribution < 1.29 is 0 Å². The lowest BCUT2D eigenvalue weighted by molar-refractivity contribution is 0.442. The fourth-order valence-corrected chi connectivity index (χ4v) is 0.925. The Morgan fingerprint density at radius 1 is 1.58 bits per heavy atom. The van der Waals surface area contributed by atoms with Crippen LogP contribution < -0.4 is 5.43 Å². The number of aromatic nitrogens is 2. The quantitative estimate of drug-likeness (QED) is 0.556. The van der Waals surface area contributed by atoms with Crippen molar-refractivity contribution in [1.29, 1.82) is 0 Å². The van der Waals surface area contributed by atoms with Crippen LogP contribution in [0.1, 0.15) is 26.5 Å². The summed E-state index contributed by atoms with van der Waals surface area (Å²) in [5.74, 6) is 0. The van der Waals surface area contributed by atoms with Crippen molar-refractivity contribution in [3.05, 3.63) is 11.1 Å². The van der Waals surface area contributed by atoms with E-state index in [1.165, 1.54) is 11.5 Å². The Kier molecular flexibility index (Phi) is 2.75. The van der Waals surface area contributed by atoms with E-state index in [-0.39, 0.29) is 5.54 Å². The van der Waals surface area contributed by atoms with Crippen molar-refractivity contribution in [1.82, 2.24) is 15.0 Å². The lowest BCUT2D eigenvalue weighted by Crippen LogP contribution is -2.31. The Hall–Kier alpha value is -0.970. The molecule has 1 aromatic rings. The van der Waals surface area contributed by atoms with E-state index in [2.05, 4.69) is 20.1 Å². The molecule has 0 bridgehead atoms. The molecule has 0 aliphatic carbocycles. The Morgan fingerprint density at radius 2 is 2.33 bits per heavy atom. The summed E-state index contributed by atoms with van der Waals surface area (Å²) in [7, 11) is 0. The van der Waals surface area contributed by atoms with Crippen molar-refractivity contribution in [2.24, 2.45) is 5.10 Å². The largest absolute Gasteiger partial charge is 0.305 e. The number of nitrogens with zero attached hydrogens (tertiary/aromatic N) is 3. The second-order valence-corrected chi connectivity index (χ2v) is 4.06. The molecule has 0 aromatic carbocycles. The first-order chi connectivity index (χ1) is 5.58. The summed E-state index contributed by atoms with van der Waals surface area (Å²) in [6.07, 6.45) is 1.66. The van der Waals surface area contributed by atoms with Crippen molar-refractivity contribution in [3.63, 3.8) is 0 Å². The minimum atomic E-state index is -0.0000496. The molecule has 5 heteroatoms. The second-order valence-electron chi connectivity index (χ2n) is 3.45. The highest BCUT2D eigenvalue weighted by Gasteiger charge is 2.05. The van der Waals surface area contributed by atoms with Gasteiger partial charge in [-0.05, 0) is 32.3 Å². The molecule has 0 unspecified atom stereocenters. The molecule has 1 rings (SSSR count). The first-order valence-corrected chi connectivity index (χ1v) is 4.49. The molecule has 0 amide bonds. The smallest absolute Gasteiger partial charge is 0.118 e. The van der Waals surface area contributed by atoms with Crippen LogP contribution in [0.15, 0.2) is 10.5 Å². The van der Waals surface area contributed by atoms with Gasteiger partial charge in [-0.2, -0.15) is 5.10 Å². The van der Waals surface area contributed by atoms with E-state index in [4.69, 9.17) is 0 Å². The molecule has 0 fully saturated rings. The molecule has 0 atom stereocenters. The van der Waals surface area contributed by atoms with Gasteiger partial charge in [-0.1, -0.05) is 4.49 Å². The van der Waals surface area contributed by atoms with Gasteiger partial charge in [-0.3, -0.25) is 0 Å². The minimum Gasteiger partial charge on any atom is -0.305 e. The van der Waals surface area contributed by atoms with Gasteiger partial charge in [0.05, 0.1) is 6.21 Å². The van der Waals surface area contributed by atoms with Crippen LogP contribution in [-0.4, -0.2) is 21.3 Å². The van der Waals surface area contributed by atoms with Crippen molar-refractivity contribution in [3.8, 4) is 0 Å². The maximum Gasteiger partial charge on any atom is 0.118 e. The summed E-state index contributed by atoms with van der Waals surface area (Å²) in [5.41, 5.74) is 3.76. The number of rotatable bonds is 2. The Labute approximate surface area is 75.9 Å². The third-order valence-corrected chi connectivity index (χ3v) is 1.50. The first-order valence-electron chi connectivity index (χ1n) is 3.65. The molecule has 4 nitrogen and oxygen atoms in total. The zero-order valence-corrected chi connectivity index (χ0v) is 8.22. The van der Waals surface area contributed by atoms with E-state index in [9.17, 15) is 0 Å². The molecule has 1 N–H and O–H groups in total. The summed E-state index contributed by atoms with van der Waals surface area (Å²) in [6, 6.07) is 0. The van der Waals surface area contributed by atoms with Crippen LogP contribution in [0.4, 0.5) is 0 Å². The van der Waals surface area contributed by atoms with Crippen LogP contribution in [-0.2, 0) is 0 Å². The molecular weight excluding hydrogens is 172 g/mol. The Morgan fingerprint density at radius 3 is 2.83 bits per heavy atom. The monoisotopic (exact) mass is 184 g/mol. The standard InChI is InChI=1S/C7H12N4S/c1-7(2,3)10-8-4-6-5-12-11-9-6/h4-5,10H,1-3H3/b8-4+. The number of hydrogen-bond donors (Lipinski definition) is 1. The lowest BCUT2D eigenvalue weighted by atomic mass is 10.1. The van der Waals surface area contributed by atoms with E-state index in [0.717, 1.165) is 5.69 Å². The Bertz CT molecular complexity index is 247. The van der Waals surface area contributed by atoms with Gasteiger partial charge in [0, 0.05) is 10.9 Å². The SMILES string of the molecule is CC(C)(C)N/N=C/c1csnn1. The molecule has 0 aliphatic rings. The normalized spacial score (nSPS) is 12.2. The van der Waals surface area contributed by atoms with E-state index < -0.39 is 0 Å². The first kappa shape index (κ1) is 9.12. The van der Waals surface area contributed by atoms with Gasteiger partial charge in [0.15, 0.2) is 0 Å². The number of hydrazone groups is 1. The fraction of sp³-hybridized carbons (Fsp3) is 0.571. The van der Waals surface area contributed by atoms with Crippen molar-refractivity contribution >= 4 is 17.7 Å². The summed E-state index contributed by atoms with van der Waals surface area (Å²) in [6.45, 7) is 6.14. The van der Waals surface area contributed by atoms with Crippen molar-refractivity contribution in [2.75, 3.05) is 0 Å². The molecule has 66 valence electrons. The molecule has 0 radical (unpaired) electrons. The van der Waals surface area contributed by atoms with Crippen LogP contribution in [0, 0.1) is 0 Å². The maximum atomic E-state index is 4.01. The van der Waals surface area contributed by atoms with Crippen molar-refractivity contribution in [2.45, 2.75) is 26.3 Å². The predicted octanol–water partition coefficient (Wildman–Crippen LogP) is 1.26. The molecule has 0 spiro atoms. The minimum absolute atomic E-state index is 0.0000496. The maximum absolute atomic E-state index is 4.01. The van der Waals surface area contributed by atoms with Crippen LogP contribution in [0.3, 0.4) is 0 Å². The van der Waals surface area contributed by atoms with E-state index in [0.29, 0.717) is 0 Å². The van der Waals surface area contributed by atoms with Gasteiger partial charge in [0.1, 0.15) is 5.69 Å². The molecule has 1 heterocycles. The predicted molar refractivity (Wildman–Crippen MR) is 50.4 cm³/mol. The van der Waals surface area contributed by atoms with Crippen LogP contribution in [0.25, 0.3) is 0 Å². The third kappa shape index (κ3) is 3.43. The van der Waals surface area contributed by atoms with Gasteiger partial charge >= 0.3 is 0 Å². The average Bonchev–Trinajstić information content (AvgIpc) is 2.36. The van der Waals surface area contributed by atoms with Crippen LogP contribution >= 0.6 is 11.5 Å². The molecule has 0 aliphatic heterocycles. The fourth-order valence-electron chi connectivity index (χ4n) is 0.520. The molecule has 0 saturated heterocycles. The van der Waals surface area contributed by atoms with Gasteiger partial charge < -0.3 is 5.43 Å². The van der Waals surface area contributed by atoms with Crippen LogP contribution in [0.5, 0.6) is 0 Å². The second kappa shape index (κ2) is 3.62. The highest BCUT2D eigenvalue weighted by Crippen LogP contribution is 1.98. The third-order valence-electron chi connectivity index (χ3n) is 0.974. The average molecular weight is 184 g/mol. The zero-order valence-electron chi connectivity index (χ0n) is 7.40. The molecule has 0 saturated carbocycles. The number of nitrogens with one attached hydrogen (secondary N) is 1. The molecule has 12 heavy (non-hydrogen) atoms.